The van der Waals surface area contributed by atoms with E-state index in [1.807, 2.05) is 18.2 Å². The highest BCUT2D eigenvalue weighted by Crippen LogP contribution is 2.09. The van der Waals surface area contributed by atoms with Crippen LogP contribution in [0.15, 0.2) is 23.0 Å². The maximum absolute atomic E-state index is 10.9. The fourth-order valence-electron chi connectivity index (χ4n) is 1.39. The van der Waals surface area contributed by atoms with E-state index in [4.69, 9.17) is 5.11 Å². The van der Waals surface area contributed by atoms with Gasteiger partial charge in [0.25, 0.3) is 0 Å². The van der Waals surface area contributed by atoms with Gasteiger partial charge >= 0.3 is 5.69 Å². The van der Waals surface area contributed by atoms with Gasteiger partial charge in [0.05, 0.1) is 17.8 Å². The van der Waals surface area contributed by atoms with Crippen molar-refractivity contribution >= 4 is 11.0 Å². The van der Waals surface area contributed by atoms with Crippen molar-refractivity contribution in [3.63, 3.8) is 0 Å². The predicted octanol–water partition coefficient (Wildman–Crippen LogP) is -0.104. The van der Waals surface area contributed by atoms with E-state index in [0.29, 0.717) is 6.54 Å². The maximum atomic E-state index is 10.9. The van der Waals surface area contributed by atoms with E-state index in [-0.39, 0.29) is 12.4 Å². The summed E-state index contributed by atoms with van der Waals surface area (Å²) in [5.74, 6) is 0. The number of benzene rings is 1. The number of hydrogen-bond acceptors (Lipinski definition) is 3. The molecule has 14 heavy (non-hydrogen) atoms. The van der Waals surface area contributed by atoms with Crippen LogP contribution in [0.1, 0.15) is 5.56 Å². The van der Waals surface area contributed by atoms with Crippen LogP contribution in [0, 0.1) is 0 Å². The van der Waals surface area contributed by atoms with Gasteiger partial charge in [-0.2, -0.15) is 0 Å². The van der Waals surface area contributed by atoms with Gasteiger partial charge in [-0.05, 0) is 17.7 Å². The molecule has 5 nitrogen and oxygen atoms in total. The summed E-state index contributed by atoms with van der Waals surface area (Å²) in [6.45, 7) is 0.529. The molecule has 0 aliphatic carbocycles. The maximum Gasteiger partial charge on any atom is 0.323 e. The minimum absolute atomic E-state index is 0.0539. The molecule has 0 bridgehead atoms. The van der Waals surface area contributed by atoms with Gasteiger partial charge in [0, 0.05) is 6.54 Å². The van der Waals surface area contributed by atoms with E-state index < -0.39 is 0 Å². The lowest BCUT2D eigenvalue weighted by atomic mass is 10.2. The second-order valence-corrected chi connectivity index (χ2v) is 3.04. The van der Waals surface area contributed by atoms with Gasteiger partial charge in [-0.25, -0.2) is 4.79 Å². The van der Waals surface area contributed by atoms with E-state index in [9.17, 15) is 4.79 Å². The Hall–Kier alpha value is -1.59. The molecule has 1 aromatic heterocycles. The number of hydrogen-bond donors (Lipinski definition) is 4. The number of aromatic nitrogens is 2. The lowest BCUT2D eigenvalue weighted by Gasteiger charge is -2.00. The minimum atomic E-state index is -0.202. The molecular formula is C9H11N3O2. The first-order valence-corrected chi connectivity index (χ1v) is 4.32. The Balaban J connectivity index is 2.35. The molecule has 0 atom stereocenters. The second kappa shape index (κ2) is 3.65. The molecule has 0 amide bonds. The molecule has 4 N–H and O–H groups in total. The van der Waals surface area contributed by atoms with Crippen LogP contribution in [0.2, 0.25) is 0 Å². The van der Waals surface area contributed by atoms with Crippen molar-refractivity contribution in [3.05, 3.63) is 34.2 Å². The summed E-state index contributed by atoms with van der Waals surface area (Å²) < 4.78 is 0. The van der Waals surface area contributed by atoms with Crippen molar-refractivity contribution in [3.8, 4) is 0 Å². The first kappa shape index (κ1) is 8.98. The molecule has 1 aromatic carbocycles. The summed E-state index contributed by atoms with van der Waals surface area (Å²) in [7, 11) is 0. The molecule has 0 aliphatic rings. The molecular weight excluding hydrogens is 182 g/mol. The average Bonchev–Trinajstić information content (AvgIpc) is 2.54. The van der Waals surface area contributed by atoms with Gasteiger partial charge < -0.3 is 15.1 Å². The van der Waals surface area contributed by atoms with Gasteiger partial charge in [-0.1, -0.05) is 6.07 Å². The van der Waals surface area contributed by atoms with Crippen LogP contribution in [0.25, 0.3) is 11.0 Å². The lowest BCUT2D eigenvalue weighted by Crippen LogP contribution is -2.13. The zero-order valence-corrected chi connectivity index (χ0v) is 7.50. The van der Waals surface area contributed by atoms with Crippen molar-refractivity contribution in [1.82, 2.24) is 15.3 Å². The highest BCUT2D eigenvalue weighted by atomic mass is 16.3. The van der Waals surface area contributed by atoms with Crippen LogP contribution < -0.4 is 11.0 Å². The monoisotopic (exact) mass is 193 g/mol. The molecule has 0 saturated heterocycles. The van der Waals surface area contributed by atoms with Crippen molar-refractivity contribution in [1.29, 1.82) is 0 Å². The number of H-pyrrole nitrogens is 2. The van der Waals surface area contributed by atoms with Crippen molar-refractivity contribution in [2.75, 3.05) is 6.73 Å². The third-order valence-electron chi connectivity index (χ3n) is 2.02. The second-order valence-electron chi connectivity index (χ2n) is 3.04. The third kappa shape index (κ3) is 1.68. The fourth-order valence-corrected chi connectivity index (χ4v) is 1.39. The number of aliphatic hydroxyl groups excluding tert-OH is 1. The van der Waals surface area contributed by atoms with E-state index in [2.05, 4.69) is 15.3 Å². The van der Waals surface area contributed by atoms with Gasteiger partial charge in [-0.15, -0.1) is 0 Å². The Kier molecular flexibility index (Phi) is 2.34. The summed E-state index contributed by atoms with van der Waals surface area (Å²) in [4.78, 5) is 16.3. The Morgan fingerprint density at radius 3 is 2.86 bits per heavy atom. The summed E-state index contributed by atoms with van der Waals surface area (Å²) in [6.07, 6.45) is 0. The smallest absolute Gasteiger partial charge is 0.323 e. The molecule has 2 rings (SSSR count). The molecule has 74 valence electrons. The van der Waals surface area contributed by atoms with Crippen LogP contribution in [0.4, 0.5) is 0 Å². The summed E-state index contributed by atoms with van der Waals surface area (Å²) in [5.41, 5.74) is 2.39. The van der Waals surface area contributed by atoms with Crippen LogP contribution >= 0.6 is 0 Å². The highest BCUT2D eigenvalue weighted by Gasteiger charge is 1.98. The SMILES string of the molecule is O=c1[nH]c2ccc(CNCO)cc2[nH]1. The molecule has 2 aromatic rings. The molecule has 0 spiro atoms. The minimum Gasteiger partial charge on any atom is -0.381 e. The summed E-state index contributed by atoms with van der Waals surface area (Å²) in [5, 5.41) is 11.4. The fraction of sp³-hybridized carbons (Fsp3) is 0.222. The van der Waals surface area contributed by atoms with Gasteiger partial charge in [-0.3, -0.25) is 5.32 Å². The quantitative estimate of drug-likeness (QED) is 0.514. The summed E-state index contributed by atoms with van der Waals surface area (Å²) >= 11 is 0. The van der Waals surface area contributed by atoms with Crippen molar-refractivity contribution in [2.45, 2.75) is 6.54 Å². The number of nitrogens with one attached hydrogen (secondary N) is 3. The van der Waals surface area contributed by atoms with Crippen molar-refractivity contribution < 1.29 is 5.11 Å². The molecule has 0 radical (unpaired) electrons. The molecule has 0 unspecified atom stereocenters. The number of aromatic amines is 2. The van der Waals surface area contributed by atoms with E-state index in [1.165, 1.54) is 0 Å². The molecule has 0 aliphatic heterocycles. The van der Waals surface area contributed by atoms with Crippen LogP contribution in [0.5, 0.6) is 0 Å². The Morgan fingerprint density at radius 1 is 1.29 bits per heavy atom. The largest absolute Gasteiger partial charge is 0.381 e. The number of imidazole rings is 1. The third-order valence-corrected chi connectivity index (χ3v) is 2.02. The van der Waals surface area contributed by atoms with Crippen LogP contribution in [-0.4, -0.2) is 21.8 Å². The first-order chi connectivity index (χ1) is 6.79. The molecule has 0 fully saturated rings. The van der Waals surface area contributed by atoms with Gasteiger partial charge in [0.1, 0.15) is 0 Å². The Labute approximate surface area is 79.8 Å². The molecule has 0 saturated carbocycles. The van der Waals surface area contributed by atoms with E-state index in [0.717, 1.165) is 16.6 Å². The average molecular weight is 193 g/mol. The highest BCUT2D eigenvalue weighted by molar-refractivity contribution is 5.74. The zero-order valence-electron chi connectivity index (χ0n) is 7.50. The van der Waals surface area contributed by atoms with Crippen LogP contribution in [0.3, 0.4) is 0 Å². The van der Waals surface area contributed by atoms with Crippen molar-refractivity contribution in [2.24, 2.45) is 0 Å². The first-order valence-electron chi connectivity index (χ1n) is 4.32. The number of rotatable bonds is 3. The zero-order chi connectivity index (χ0) is 9.97. The molecule has 5 heteroatoms. The van der Waals surface area contributed by atoms with Gasteiger partial charge in [0.15, 0.2) is 0 Å². The van der Waals surface area contributed by atoms with E-state index >= 15 is 0 Å². The lowest BCUT2D eigenvalue weighted by molar-refractivity contribution is 0.259. The Morgan fingerprint density at radius 2 is 2.07 bits per heavy atom. The number of fused-ring (bicyclic) bond motifs is 1. The normalized spacial score (nSPS) is 10.9. The standard InChI is InChI=1S/C9H11N3O2/c13-5-10-4-6-1-2-7-8(3-6)12-9(14)11-7/h1-3,10,13H,4-5H2,(H2,11,12,14). The van der Waals surface area contributed by atoms with Gasteiger partial charge in [0.2, 0.25) is 0 Å². The topological polar surface area (TPSA) is 80.9 Å². The molecule has 1 heterocycles. The summed E-state index contributed by atoms with van der Waals surface area (Å²) in [6, 6.07) is 5.60. The van der Waals surface area contributed by atoms with Crippen LogP contribution in [-0.2, 0) is 6.54 Å². The van der Waals surface area contributed by atoms with E-state index in [1.54, 1.807) is 0 Å². The Bertz CT molecular complexity index is 486. The number of aliphatic hydroxyl groups is 1. The predicted molar refractivity (Wildman–Crippen MR) is 52.8 cm³/mol.